The molecule has 0 saturated carbocycles. The summed E-state index contributed by atoms with van der Waals surface area (Å²) >= 11 is 0. The number of rotatable bonds is 5. The molecule has 1 saturated heterocycles. The second kappa shape index (κ2) is 7.32. The lowest BCUT2D eigenvalue weighted by Gasteiger charge is -2.14. The molecule has 8 heteroatoms. The minimum atomic E-state index is -0.255. The van der Waals surface area contributed by atoms with Crippen LogP contribution in [0.15, 0.2) is 24.4 Å². The molecule has 0 bridgehead atoms. The van der Waals surface area contributed by atoms with Crippen LogP contribution in [0.4, 0.5) is 5.82 Å². The summed E-state index contributed by atoms with van der Waals surface area (Å²) in [6, 6.07) is 5.93. The van der Waals surface area contributed by atoms with E-state index in [1.807, 2.05) is 25.1 Å². The van der Waals surface area contributed by atoms with E-state index in [0.29, 0.717) is 18.1 Å². The molecule has 4 N–H and O–H groups in total. The first-order valence-electron chi connectivity index (χ1n) is 9.20. The molecule has 1 fully saturated rings. The summed E-state index contributed by atoms with van der Waals surface area (Å²) in [5.41, 5.74) is 9.44. The van der Waals surface area contributed by atoms with E-state index >= 15 is 0 Å². The van der Waals surface area contributed by atoms with Crippen LogP contribution in [0.1, 0.15) is 28.9 Å². The Hall–Kier alpha value is -3.00. The van der Waals surface area contributed by atoms with Crippen LogP contribution < -0.4 is 11.1 Å². The molecule has 3 heterocycles. The lowest BCUT2D eigenvalue weighted by atomic mass is 10.2. The highest BCUT2D eigenvalue weighted by Crippen LogP contribution is 2.23. The zero-order valence-electron chi connectivity index (χ0n) is 15.3. The molecular weight excluding hydrogens is 342 g/mol. The second-order valence-electron chi connectivity index (χ2n) is 6.90. The summed E-state index contributed by atoms with van der Waals surface area (Å²) < 4.78 is 0. The van der Waals surface area contributed by atoms with E-state index in [-0.39, 0.29) is 17.4 Å². The quantitative estimate of drug-likeness (QED) is 0.635. The average molecular weight is 365 g/mol. The van der Waals surface area contributed by atoms with Gasteiger partial charge in [0.2, 0.25) is 0 Å². The Labute approximate surface area is 157 Å². The molecule has 2 aromatic heterocycles. The molecule has 1 aromatic carbocycles. The number of fused-ring (bicyclic) bond motifs is 1. The van der Waals surface area contributed by atoms with Crippen LogP contribution in [0.25, 0.3) is 22.6 Å². The van der Waals surface area contributed by atoms with Crippen molar-refractivity contribution in [2.75, 3.05) is 31.9 Å². The van der Waals surface area contributed by atoms with E-state index in [9.17, 15) is 4.79 Å². The molecule has 0 unspecified atom stereocenters. The summed E-state index contributed by atoms with van der Waals surface area (Å²) in [6.45, 7) is 5.66. The van der Waals surface area contributed by atoms with Gasteiger partial charge in [-0.1, -0.05) is 6.07 Å². The predicted octanol–water partition coefficient (Wildman–Crippen LogP) is 1.74. The largest absolute Gasteiger partial charge is 0.382 e. The van der Waals surface area contributed by atoms with Gasteiger partial charge in [0.25, 0.3) is 5.91 Å². The number of carbonyl (C=O) groups excluding carboxylic acids is 1. The highest BCUT2D eigenvalue weighted by atomic mass is 16.1. The molecule has 0 aliphatic carbocycles. The Morgan fingerprint density at radius 3 is 2.93 bits per heavy atom. The van der Waals surface area contributed by atoms with Crippen molar-refractivity contribution < 1.29 is 4.79 Å². The van der Waals surface area contributed by atoms with Gasteiger partial charge in [0.05, 0.1) is 17.2 Å². The molecular formula is C19H23N7O. The second-order valence-corrected chi connectivity index (χ2v) is 6.90. The van der Waals surface area contributed by atoms with Gasteiger partial charge >= 0.3 is 0 Å². The number of amides is 1. The number of H-pyrrole nitrogens is 1. The predicted molar refractivity (Wildman–Crippen MR) is 104 cm³/mol. The number of anilines is 1. The van der Waals surface area contributed by atoms with Crippen molar-refractivity contribution in [1.82, 2.24) is 30.2 Å². The lowest BCUT2D eigenvalue weighted by Crippen LogP contribution is -2.34. The topological polar surface area (TPSA) is 113 Å². The van der Waals surface area contributed by atoms with Crippen LogP contribution >= 0.6 is 0 Å². The maximum atomic E-state index is 12.4. The van der Waals surface area contributed by atoms with Crippen LogP contribution in [-0.4, -0.2) is 56.9 Å². The van der Waals surface area contributed by atoms with Crippen molar-refractivity contribution in [3.8, 4) is 11.5 Å². The van der Waals surface area contributed by atoms with Gasteiger partial charge < -0.3 is 20.9 Å². The van der Waals surface area contributed by atoms with Crippen molar-refractivity contribution in [2.45, 2.75) is 19.8 Å². The number of carbonyl (C=O) groups is 1. The molecule has 27 heavy (non-hydrogen) atoms. The van der Waals surface area contributed by atoms with Crippen molar-refractivity contribution in [1.29, 1.82) is 0 Å². The van der Waals surface area contributed by atoms with Crippen LogP contribution in [-0.2, 0) is 0 Å². The fourth-order valence-electron chi connectivity index (χ4n) is 3.34. The summed E-state index contributed by atoms with van der Waals surface area (Å²) in [5.74, 6) is 0.488. The van der Waals surface area contributed by atoms with E-state index in [4.69, 9.17) is 5.73 Å². The third-order valence-corrected chi connectivity index (χ3v) is 4.81. The molecule has 1 aliphatic heterocycles. The molecule has 8 nitrogen and oxygen atoms in total. The fraction of sp³-hybridized carbons (Fsp3) is 0.368. The SMILES string of the molecule is Cc1ccc2nc(-c3nc(C(=O)NCCN4CCCC4)cnc3N)[nH]c2c1. The van der Waals surface area contributed by atoms with Crippen LogP contribution in [0.2, 0.25) is 0 Å². The number of nitrogens with zero attached hydrogens (tertiary/aromatic N) is 4. The summed E-state index contributed by atoms with van der Waals surface area (Å²) in [6.07, 6.45) is 3.87. The highest BCUT2D eigenvalue weighted by Gasteiger charge is 2.16. The number of benzene rings is 1. The normalized spacial score (nSPS) is 14.7. The van der Waals surface area contributed by atoms with Crippen LogP contribution in [0, 0.1) is 6.92 Å². The number of aromatic nitrogens is 4. The molecule has 1 aliphatic rings. The number of aryl methyl sites for hydroxylation is 1. The van der Waals surface area contributed by atoms with E-state index in [1.165, 1.54) is 19.0 Å². The number of hydrogen-bond donors (Lipinski definition) is 3. The van der Waals surface area contributed by atoms with Gasteiger partial charge in [0.15, 0.2) is 11.6 Å². The van der Waals surface area contributed by atoms with E-state index in [0.717, 1.165) is 36.2 Å². The molecule has 4 rings (SSSR count). The van der Waals surface area contributed by atoms with E-state index < -0.39 is 0 Å². The van der Waals surface area contributed by atoms with Crippen molar-refractivity contribution in [3.63, 3.8) is 0 Å². The molecule has 3 aromatic rings. The Morgan fingerprint density at radius 1 is 1.30 bits per heavy atom. The third kappa shape index (κ3) is 3.75. The number of hydrogen-bond acceptors (Lipinski definition) is 6. The number of likely N-dealkylation sites (tertiary alicyclic amines) is 1. The van der Waals surface area contributed by atoms with Crippen LogP contribution in [0.3, 0.4) is 0 Å². The number of aromatic amines is 1. The number of nitrogens with two attached hydrogens (primary N) is 1. The monoisotopic (exact) mass is 365 g/mol. The minimum Gasteiger partial charge on any atom is -0.382 e. The van der Waals surface area contributed by atoms with Crippen LogP contribution in [0.5, 0.6) is 0 Å². The Morgan fingerprint density at radius 2 is 2.11 bits per heavy atom. The molecule has 0 radical (unpaired) electrons. The third-order valence-electron chi connectivity index (χ3n) is 4.81. The minimum absolute atomic E-state index is 0.234. The van der Waals surface area contributed by atoms with E-state index in [1.54, 1.807) is 0 Å². The molecule has 0 spiro atoms. The Bertz CT molecular complexity index is 975. The first kappa shape index (κ1) is 17.4. The first-order valence-corrected chi connectivity index (χ1v) is 9.20. The zero-order chi connectivity index (χ0) is 18.8. The maximum Gasteiger partial charge on any atom is 0.271 e. The smallest absolute Gasteiger partial charge is 0.271 e. The van der Waals surface area contributed by atoms with Crippen molar-refractivity contribution >= 4 is 22.8 Å². The first-order chi connectivity index (χ1) is 13.1. The van der Waals surface area contributed by atoms with Gasteiger partial charge in [-0.15, -0.1) is 0 Å². The van der Waals surface area contributed by atoms with Crippen molar-refractivity contribution in [3.05, 3.63) is 35.7 Å². The zero-order valence-corrected chi connectivity index (χ0v) is 15.3. The number of nitrogen functional groups attached to an aromatic ring is 1. The number of nitrogens with one attached hydrogen (secondary N) is 2. The van der Waals surface area contributed by atoms with Gasteiger partial charge in [0.1, 0.15) is 11.4 Å². The summed E-state index contributed by atoms with van der Waals surface area (Å²) in [4.78, 5) is 31.0. The van der Waals surface area contributed by atoms with Gasteiger partial charge in [-0.2, -0.15) is 0 Å². The Kier molecular flexibility index (Phi) is 4.72. The number of imidazole rings is 1. The summed E-state index contributed by atoms with van der Waals surface area (Å²) in [5, 5.41) is 2.90. The maximum absolute atomic E-state index is 12.4. The lowest BCUT2D eigenvalue weighted by molar-refractivity contribution is 0.0944. The van der Waals surface area contributed by atoms with Gasteiger partial charge in [-0.25, -0.2) is 15.0 Å². The Balaban J connectivity index is 1.52. The van der Waals surface area contributed by atoms with E-state index in [2.05, 4.69) is 30.2 Å². The van der Waals surface area contributed by atoms with Gasteiger partial charge in [0, 0.05) is 13.1 Å². The summed E-state index contributed by atoms with van der Waals surface area (Å²) in [7, 11) is 0. The highest BCUT2D eigenvalue weighted by molar-refractivity contribution is 5.93. The fourth-order valence-corrected chi connectivity index (χ4v) is 3.34. The van der Waals surface area contributed by atoms with Crippen molar-refractivity contribution in [2.24, 2.45) is 0 Å². The molecule has 1 amide bonds. The van der Waals surface area contributed by atoms with Gasteiger partial charge in [-0.3, -0.25) is 4.79 Å². The standard InChI is InChI=1S/C19H23N7O/c1-12-4-5-13-14(10-12)25-18(24-13)16-17(20)22-11-15(23-16)19(27)21-6-9-26-7-2-3-8-26/h4-5,10-11H,2-3,6-9H2,1H3,(H2,20,22)(H,21,27)(H,24,25). The molecule has 140 valence electrons. The van der Waals surface area contributed by atoms with Gasteiger partial charge in [-0.05, 0) is 50.6 Å². The average Bonchev–Trinajstić information content (AvgIpc) is 3.31. The molecule has 0 atom stereocenters.